The molecule has 1 aliphatic carbocycles. The molecule has 9 nitrogen and oxygen atoms in total. The van der Waals surface area contributed by atoms with Gasteiger partial charge in [-0.25, -0.2) is 9.97 Å². The molecule has 174 valence electrons. The number of carbonyl (C=O) groups is 1. The molecule has 0 spiro atoms. The molecule has 0 aliphatic heterocycles. The number of pyridine rings is 2. The number of nitrogens with two attached hydrogens (primary N) is 2. The fourth-order valence-corrected chi connectivity index (χ4v) is 3.94. The Balaban J connectivity index is 1.19. The van der Waals surface area contributed by atoms with E-state index < -0.39 is 0 Å². The van der Waals surface area contributed by atoms with Crippen LogP contribution >= 0.6 is 11.6 Å². The van der Waals surface area contributed by atoms with Gasteiger partial charge in [0.2, 0.25) is 5.91 Å². The van der Waals surface area contributed by atoms with Crippen LogP contribution in [-0.4, -0.2) is 24.7 Å². The fourth-order valence-electron chi connectivity index (χ4n) is 3.78. The molecule has 4 heterocycles. The first kappa shape index (κ1) is 21.8. The van der Waals surface area contributed by atoms with Crippen molar-refractivity contribution in [2.45, 2.75) is 31.8 Å². The summed E-state index contributed by atoms with van der Waals surface area (Å²) in [4.78, 5) is 21.4. The van der Waals surface area contributed by atoms with E-state index >= 15 is 0 Å². The van der Waals surface area contributed by atoms with Crippen molar-refractivity contribution in [3.8, 4) is 0 Å². The maximum absolute atomic E-state index is 12.5. The maximum Gasteiger partial charge on any atom is 0.230 e. The number of hydrogen-bond acceptors (Lipinski definition) is 6. The molecule has 0 atom stereocenters. The van der Waals surface area contributed by atoms with E-state index in [1.165, 1.54) is 30.7 Å². The highest BCUT2D eigenvalue weighted by Crippen LogP contribution is 2.39. The van der Waals surface area contributed by atoms with Crippen LogP contribution in [0.1, 0.15) is 35.7 Å². The fraction of sp³-hybridized carbons (Fsp3) is 0.208. The second-order valence-electron chi connectivity index (χ2n) is 8.25. The van der Waals surface area contributed by atoms with Gasteiger partial charge < -0.3 is 30.3 Å². The molecular weight excluding hydrogens is 454 g/mol. The number of carbonyl (C=O) groups excluding carboxylic acids is 1. The monoisotopic (exact) mass is 477 g/mol. The van der Waals surface area contributed by atoms with E-state index in [-0.39, 0.29) is 24.8 Å². The summed E-state index contributed by atoms with van der Waals surface area (Å²) in [6.45, 7) is 0.190. The Kier molecular flexibility index (Phi) is 5.85. The SMILES string of the molecule is N/C=C(\C=C(/N)OCc1cn2cc(C3CC3)ccc2n1)NC(=O)Cc1ncn2ccc(Cl)cc12. The zero-order valence-electron chi connectivity index (χ0n) is 18.3. The molecule has 0 unspecified atom stereocenters. The summed E-state index contributed by atoms with van der Waals surface area (Å²) in [6, 6.07) is 7.65. The number of nitrogens with zero attached hydrogens (tertiary/aromatic N) is 4. The van der Waals surface area contributed by atoms with Crippen LogP contribution in [0.4, 0.5) is 0 Å². The van der Waals surface area contributed by atoms with E-state index in [9.17, 15) is 4.79 Å². The Hall–Kier alpha value is -3.98. The quantitative estimate of drug-likeness (QED) is 0.264. The molecule has 1 amide bonds. The lowest BCUT2D eigenvalue weighted by atomic mass is 10.2. The average molecular weight is 478 g/mol. The molecule has 1 aliphatic rings. The highest BCUT2D eigenvalue weighted by atomic mass is 35.5. The molecule has 0 bridgehead atoms. The van der Waals surface area contributed by atoms with Gasteiger partial charge in [0.15, 0.2) is 5.88 Å². The molecule has 0 aromatic carbocycles. The topological polar surface area (TPSA) is 125 Å². The second kappa shape index (κ2) is 9.11. The van der Waals surface area contributed by atoms with Crippen molar-refractivity contribution in [2.75, 3.05) is 0 Å². The Bertz CT molecular complexity index is 1430. The Morgan fingerprint density at radius 3 is 2.91 bits per heavy atom. The third kappa shape index (κ3) is 4.84. The molecule has 10 heteroatoms. The van der Waals surface area contributed by atoms with Crippen molar-refractivity contribution >= 4 is 28.7 Å². The van der Waals surface area contributed by atoms with Crippen LogP contribution in [0.2, 0.25) is 5.02 Å². The Morgan fingerprint density at radius 2 is 2.12 bits per heavy atom. The van der Waals surface area contributed by atoms with E-state index in [0.29, 0.717) is 22.3 Å². The molecule has 0 radical (unpaired) electrons. The largest absolute Gasteiger partial charge is 0.473 e. The minimum atomic E-state index is -0.298. The Morgan fingerprint density at radius 1 is 1.26 bits per heavy atom. The molecule has 4 aromatic heterocycles. The molecule has 5 N–H and O–H groups in total. The van der Waals surface area contributed by atoms with E-state index in [0.717, 1.165) is 16.9 Å². The van der Waals surface area contributed by atoms with Gasteiger partial charge in [0.1, 0.15) is 12.3 Å². The second-order valence-corrected chi connectivity index (χ2v) is 8.68. The number of allylic oxidation sites excluding steroid dienone is 1. The third-order valence-electron chi connectivity index (χ3n) is 5.63. The molecule has 5 rings (SSSR count). The highest BCUT2D eigenvalue weighted by molar-refractivity contribution is 6.30. The molecule has 1 fully saturated rings. The summed E-state index contributed by atoms with van der Waals surface area (Å²) in [7, 11) is 0. The summed E-state index contributed by atoms with van der Waals surface area (Å²) in [5, 5.41) is 3.28. The molecule has 1 saturated carbocycles. The molecule has 34 heavy (non-hydrogen) atoms. The molecular formula is C24H24ClN7O2. The van der Waals surface area contributed by atoms with Crippen LogP contribution in [0.15, 0.2) is 73.0 Å². The van der Waals surface area contributed by atoms with Crippen molar-refractivity contribution in [3.05, 3.63) is 95.0 Å². The van der Waals surface area contributed by atoms with Crippen LogP contribution in [-0.2, 0) is 22.6 Å². The van der Waals surface area contributed by atoms with Gasteiger partial charge >= 0.3 is 0 Å². The number of aromatic nitrogens is 4. The standard InChI is InChI=1S/C24H24ClN7O2/c25-17-5-6-31-14-28-20(21(31)7-17)9-24(33)30-18(10-26)8-22(27)34-13-19-12-32-11-16(15-1-2-15)3-4-23(32)29-19/h3-8,10-12,14-15H,1-2,9,13,26-27H2,(H,30,33)/b18-10+,22-8+. The van der Waals surface area contributed by atoms with Gasteiger partial charge in [-0.05, 0) is 42.5 Å². The van der Waals surface area contributed by atoms with Crippen LogP contribution in [0.3, 0.4) is 0 Å². The maximum atomic E-state index is 12.5. The van der Waals surface area contributed by atoms with Gasteiger partial charge in [-0.15, -0.1) is 0 Å². The summed E-state index contributed by atoms with van der Waals surface area (Å²) in [5.41, 5.74) is 16.3. The number of nitrogens with one attached hydrogen (secondary N) is 1. The van der Waals surface area contributed by atoms with Gasteiger partial charge in [-0.1, -0.05) is 17.7 Å². The van der Waals surface area contributed by atoms with Gasteiger partial charge in [0, 0.05) is 35.9 Å². The number of ether oxygens (including phenoxy) is 1. The van der Waals surface area contributed by atoms with Crippen LogP contribution in [0.5, 0.6) is 0 Å². The van der Waals surface area contributed by atoms with Crippen LogP contribution < -0.4 is 16.8 Å². The summed E-state index contributed by atoms with van der Waals surface area (Å²) >= 11 is 6.06. The summed E-state index contributed by atoms with van der Waals surface area (Å²) in [5.74, 6) is 0.479. The van der Waals surface area contributed by atoms with Crippen LogP contribution in [0, 0.1) is 0 Å². The first-order valence-electron chi connectivity index (χ1n) is 10.9. The smallest absolute Gasteiger partial charge is 0.230 e. The normalized spacial score (nSPS) is 14.6. The van der Waals surface area contributed by atoms with Crippen molar-refractivity contribution in [3.63, 3.8) is 0 Å². The van der Waals surface area contributed by atoms with E-state index in [2.05, 4.69) is 27.5 Å². The zero-order chi connectivity index (χ0) is 23.7. The average Bonchev–Trinajstić information content (AvgIpc) is 3.49. The lowest BCUT2D eigenvalue weighted by Crippen LogP contribution is -2.25. The highest BCUT2D eigenvalue weighted by Gasteiger charge is 2.23. The van der Waals surface area contributed by atoms with Crippen molar-refractivity contribution in [2.24, 2.45) is 11.5 Å². The summed E-state index contributed by atoms with van der Waals surface area (Å²) in [6.07, 6.45) is 12.7. The number of halogens is 1. The third-order valence-corrected chi connectivity index (χ3v) is 5.86. The van der Waals surface area contributed by atoms with E-state index in [1.54, 1.807) is 29.1 Å². The predicted molar refractivity (Wildman–Crippen MR) is 129 cm³/mol. The van der Waals surface area contributed by atoms with Gasteiger partial charge in [-0.2, -0.15) is 0 Å². The van der Waals surface area contributed by atoms with Gasteiger partial charge in [0.25, 0.3) is 0 Å². The number of imidazole rings is 2. The summed E-state index contributed by atoms with van der Waals surface area (Å²) < 4.78 is 9.43. The van der Waals surface area contributed by atoms with E-state index in [1.807, 2.05) is 16.7 Å². The number of fused-ring (bicyclic) bond motifs is 2. The molecule has 4 aromatic rings. The lowest BCUT2D eigenvalue weighted by molar-refractivity contribution is -0.119. The lowest BCUT2D eigenvalue weighted by Gasteiger charge is -2.08. The van der Waals surface area contributed by atoms with Gasteiger partial charge in [0.05, 0.1) is 35.3 Å². The van der Waals surface area contributed by atoms with Crippen molar-refractivity contribution in [1.82, 2.24) is 24.1 Å². The number of rotatable bonds is 8. The molecule has 0 saturated heterocycles. The Labute approximate surface area is 200 Å². The first-order chi connectivity index (χ1) is 16.5. The first-order valence-corrected chi connectivity index (χ1v) is 11.3. The van der Waals surface area contributed by atoms with Crippen molar-refractivity contribution in [1.29, 1.82) is 0 Å². The minimum Gasteiger partial charge on any atom is -0.473 e. The van der Waals surface area contributed by atoms with Gasteiger partial charge in [-0.3, -0.25) is 4.79 Å². The predicted octanol–water partition coefficient (Wildman–Crippen LogP) is 2.99. The van der Waals surface area contributed by atoms with Crippen LogP contribution in [0.25, 0.3) is 11.2 Å². The number of hydrogen-bond donors (Lipinski definition) is 3. The van der Waals surface area contributed by atoms with Crippen molar-refractivity contribution < 1.29 is 9.53 Å². The minimum absolute atomic E-state index is 0.0485. The zero-order valence-corrected chi connectivity index (χ0v) is 19.1. The van der Waals surface area contributed by atoms with E-state index in [4.69, 9.17) is 27.8 Å². The number of amides is 1.